The van der Waals surface area contributed by atoms with Gasteiger partial charge in [-0.05, 0) is 25.3 Å². The van der Waals surface area contributed by atoms with Crippen molar-refractivity contribution in [3.05, 3.63) is 28.7 Å². The van der Waals surface area contributed by atoms with Crippen LogP contribution in [-0.2, 0) is 20.8 Å². The smallest absolute Gasteiger partial charge is 0.326 e. The summed E-state index contributed by atoms with van der Waals surface area (Å²) in [6, 6.07) is 2.83. The van der Waals surface area contributed by atoms with Crippen LogP contribution in [-0.4, -0.2) is 29.9 Å². The molecular formula is C13H18N2O4. The van der Waals surface area contributed by atoms with Crippen molar-refractivity contribution in [2.24, 2.45) is 0 Å². The molecule has 1 aromatic heterocycles. The van der Waals surface area contributed by atoms with Gasteiger partial charge in [-0.1, -0.05) is 0 Å². The van der Waals surface area contributed by atoms with Crippen molar-refractivity contribution in [1.82, 2.24) is 4.57 Å². The average molecular weight is 266 g/mol. The molecule has 2 heterocycles. The Balaban J connectivity index is 1.83. The Morgan fingerprint density at radius 3 is 3.05 bits per heavy atom. The number of esters is 1. The Morgan fingerprint density at radius 1 is 1.47 bits per heavy atom. The second-order valence-corrected chi connectivity index (χ2v) is 4.60. The highest BCUT2D eigenvalue weighted by Gasteiger charge is 2.16. The van der Waals surface area contributed by atoms with E-state index in [0.717, 1.165) is 25.9 Å². The van der Waals surface area contributed by atoms with Gasteiger partial charge in [0.05, 0.1) is 6.10 Å². The second-order valence-electron chi connectivity index (χ2n) is 4.60. The Kier molecular flexibility index (Phi) is 4.57. The number of hydrogen-bond acceptors (Lipinski definition) is 5. The van der Waals surface area contributed by atoms with Crippen molar-refractivity contribution < 1.29 is 14.3 Å². The van der Waals surface area contributed by atoms with E-state index in [1.807, 2.05) is 0 Å². The maximum Gasteiger partial charge on any atom is 0.326 e. The average Bonchev–Trinajstić information content (AvgIpc) is 2.42. The molecule has 1 atom stereocenters. The van der Waals surface area contributed by atoms with E-state index >= 15 is 0 Å². The summed E-state index contributed by atoms with van der Waals surface area (Å²) in [7, 11) is 0. The molecule has 0 aliphatic carbocycles. The number of pyridine rings is 1. The van der Waals surface area contributed by atoms with E-state index in [1.54, 1.807) is 0 Å². The lowest BCUT2D eigenvalue weighted by Gasteiger charge is -2.22. The molecule has 1 aromatic rings. The number of carbonyl (C=O) groups excluding carboxylic acids is 1. The van der Waals surface area contributed by atoms with E-state index in [-0.39, 0.29) is 24.8 Å². The summed E-state index contributed by atoms with van der Waals surface area (Å²) in [4.78, 5) is 23.1. The number of carbonyl (C=O) groups is 1. The number of nitrogen functional groups attached to an aromatic ring is 1. The third-order valence-corrected chi connectivity index (χ3v) is 3.01. The van der Waals surface area contributed by atoms with Gasteiger partial charge in [0.2, 0.25) is 0 Å². The van der Waals surface area contributed by atoms with Gasteiger partial charge in [0.15, 0.2) is 0 Å². The fourth-order valence-corrected chi connectivity index (χ4v) is 1.98. The van der Waals surface area contributed by atoms with E-state index in [2.05, 4.69) is 0 Å². The van der Waals surface area contributed by atoms with Crippen molar-refractivity contribution in [2.75, 3.05) is 18.9 Å². The third kappa shape index (κ3) is 4.10. The first-order chi connectivity index (χ1) is 9.15. The van der Waals surface area contributed by atoms with Crippen LogP contribution in [0.15, 0.2) is 23.1 Å². The van der Waals surface area contributed by atoms with E-state index in [0.29, 0.717) is 5.69 Å². The molecule has 0 bridgehead atoms. The highest BCUT2D eigenvalue weighted by Crippen LogP contribution is 2.12. The number of hydrogen-bond donors (Lipinski definition) is 1. The second kappa shape index (κ2) is 6.38. The summed E-state index contributed by atoms with van der Waals surface area (Å²) in [6.07, 6.45) is 4.47. The van der Waals surface area contributed by atoms with E-state index in [1.165, 1.54) is 22.9 Å². The summed E-state index contributed by atoms with van der Waals surface area (Å²) in [5, 5.41) is 0. The number of rotatable bonds is 4. The van der Waals surface area contributed by atoms with Gasteiger partial charge in [-0.2, -0.15) is 0 Å². The van der Waals surface area contributed by atoms with Gasteiger partial charge in [-0.25, -0.2) is 0 Å². The summed E-state index contributed by atoms with van der Waals surface area (Å²) < 4.78 is 11.8. The predicted molar refractivity (Wildman–Crippen MR) is 69.7 cm³/mol. The zero-order chi connectivity index (χ0) is 13.7. The van der Waals surface area contributed by atoms with E-state index in [9.17, 15) is 9.59 Å². The SMILES string of the molecule is Nc1ccc(=O)n(CC(=O)OCC2CCCCO2)c1. The highest BCUT2D eigenvalue weighted by molar-refractivity contribution is 5.69. The number of ether oxygens (including phenoxy) is 2. The maximum atomic E-state index is 11.6. The van der Waals surface area contributed by atoms with Crippen LogP contribution in [0.3, 0.4) is 0 Å². The predicted octanol–water partition coefficient (Wildman–Crippen LogP) is 0.543. The molecule has 2 N–H and O–H groups in total. The maximum absolute atomic E-state index is 11.6. The standard InChI is InChI=1S/C13H18N2O4/c14-10-4-5-12(16)15(7-10)8-13(17)19-9-11-3-1-2-6-18-11/h4-5,7,11H,1-3,6,8-9,14H2. The molecule has 1 aliphatic heterocycles. The zero-order valence-electron chi connectivity index (χ0n) is 10.7. The summed E-state index contributed by atoms with van der Waals surface area (Å²) >= 11 is 0. The van der Waals surface area contributed by atoms with Gasteiger partial charge in [0.25, 0.3) is 5.56 Å². The zero-order valence-corrected chi connectivity index (χ0v) is 10.7. The van der Waals surface area contributed by atoms with Crippen molar-refractivity contribution in [3.8, 4) is 0 Å². The van der Waals surface area contributed by atoms with Gasteiger partial charge < -0.3 is 19.8 Å². The molecule has 1 aliphatic rings. The summed E-state index contributed by atoms with van der Waals surface area (Å²) in [5.74, 6) is -0.457. The van der Waals surface area contributed by atoms with Crippen LogP contribution >= 0.6 is 0 Å². The van der Waals surface area contributed by atoms with Crippen molar-refractivity contribution >= 4 is 11.7 Å². The lowest BCUT2D eigenvalue weighted by molar-refractivity contribution is -0.149. The van der Waals surface area contributed by atoms with Crippen LogP contribution in [0.2, 0.25) is 0 Å². The number of aromatic nitrogens is 1. The number of nitrogens with two attached hydrogens (primary N) is 1. The van der Waals surface area contributed by atoms with Crippen LogP contribution in [0.5, 0.6) is 0 Å². The molecule has 1 unspecified atom stereocenters. The topological polar surface area (TPSA) is 83.6 Å². The van der Waals surface area contributed by atoms with Crippen LogP contribution in [0, 0.1) is 0 Å². The van der Waals surface area contributed by atoms with Crippen molar-refractivity contribution in [3.63, 3.8) is 0 Å². The molecule has 0 saturated carbocycles. The number of nitrogens with zero attached hydrogens (tertiary/aromatic N) is 1. The minimum absolute atomic E-state index is 0.0183. The molecule has 19 heavy (non-hydrogen) atoms. The monoisotopic (exact) mass is 266 g/mol. The van der Waals surface area contributed by atoms with Crippen LogP contribution in [0.4, 0.5) is 5.69 Å². The molecule has 6 heteroatoms. The molecule has 0 spiro atoms. The molecule has 0 radical (unpaired) electrons. The van der Waals surface area contributed by atoms with Gasteiger partial charge in [-0.3, -0.25) is 9.59 Å². The lowest BCUT2D eigenvalue weighted by atomic mass is 10.1. The van der Waals surface area contributed by atoms with E-state index in [4.69, 9.17) is 15.2 Å². The largest absolute Gasteiger partial charge is 0.462 e. The summed E-state index contributed by atoms with van der Waals surface area (Å²) in [6.45, 7) is 0.837. The molecule has 6 nitrogen and oxygen atoms in total. The van der Waals surface area contributed by atoms with Crippen LogP contribution < -0.4 is 11.3 Å². The Labute approximate surface area is 111 Å². The van der Waals surface area contributed by atoms with Crippen LogP contribution in [0.25, 0.3) is 0 Å². The van der Waals surface area contributed by atoms with Gasteiger partial charge in [0.1, 0.15) is 13.2 Å². The first-order valence-corrected chi connectivity index (χ1v) is 6.38. The molecule has 1 saturated heterocycles. The molecule has 2 rings (SSSR count). The molecule has 1 fully saturated rings. The molecule has 104 valence electrons. The third-order valence-electron chi connectivity index (χ3n) is 3.01. The fraction of sp³-hybridized carbons (Fsp3) is 0.538. The lowest BCUT2D eigenvalue weighted by Crippen LogP contribution is -2.29. The normalized spacial score (nSPS) is 19.1. The van der Waals surface area contributed by atoms with Gasteiger partial charge in [0, 0.05) is 24.6 Å². The van der Waals surface area contributed by atoms with Gasteiger partial charge >= 0.3 is 5.97 Å². The van der Waals surface area contributed by atoms with Crippen molar-refractivity contribution in [2.45, 2.75) is 31.9 Å². The van der Waals surface area contributed by atoms with Gasteiger partial charge in [-0.15, -0.1) is 0 Å². The Bertz CT molecular complexity index is 492. The molecular weight excluding hydrogens is 248 g/mol. The Hall–Kier alpha value is -1.82. The minimum Gasteiger partial charge on any atom is -0.462 e. The first-order valence-electron chi connectivity index (χ1n) is 6.38. The van der Waals surface area contributed by atoms with Crippen LogP contribution in [0.1, 0.15) is 19.3 Å². The Morgan fingerprint density at radius 2 is 2.32 bits per heavy atom. The summed E-state index contributed by atoms with van der Waals surface area (Å²) in [5.41, 5.74) is 5.72. The minimum atomic E-state index is -0.457. The van der Waals surface area contributed by atoms with E-state index < -0.39 is 5.97 Å². The molecule has 0 amide bonds. The molecule has 0 aromatic carbocycles. The highest BCUT2D eigenvalue weighted by atomic mass is 16.6. The van der Waals surface area contributed by atoms with Crippen molar-refractivity contribution in [1.29, 1.82) is 0 Å². The first kappa shape index (κ1) is 13.6. The number of anilines is 1. The fourth-order valence-electron chi connectivity index (χ4n) is 1.98. The quantitative estimate of drug-likeness (QED) is 0.804.